The molecule has 0 saturated carbocycles. The van der Waals surface area contributed by atoms with Crippen LogP contribution in [0.15, 0.2) is 23.7 Å². The molecule has 8 heteroatoms. The monoisotopic (exact) mass is 293 g/mol. The standard InChI is InChI=1S/C12H15N5O2S/c1-3-8(12-14-6-7-20-12)15-11-9(17(18)19)4-5-10(13-2)16-11/h4-8H,3H2,1-2H3,(H2,13,15,16). The van der Waals surface area contributed by atoms with Crippen LogP contribution >= 0.6 is 11.3 Å². The van der Waals surface area contributed by atoms with Gasteiger partial charge in [0.1, 0.15) is 10.8 Å². The summed E-state index contributed by atoms with van der Waals surface area (Å²) in [7, 11) is 1.72. The Morgan fingerprint density at radius 1 is 1.50 bits per heavy atom. The first-order chi connectivity index (χ1) is 9.65. The van der Waals surface area contributed by atoms with Gasteiger partial charge in [0.2, 0.25) is 5.82 Å². The number of thiazole rings is 1. The zero-order valence-corrected chi connectivity index (χ0v) is 12.0. The van der Waals surface area contributed by atoms with Crippen LogP contribution in [0.5, 0.6) is 0 Å². The van der Waals surface area contributed by atoms with Crippen LogP contribution in [0.25, 0.3) is 0 Å². The molecule has 2 N–H and O–H groups in total. The second kappa shape index (κ2) is 6.29. The van der Waals surface area contributed by atoms with E-state index in [0.29, 0.717) is 5.82 Å². The van der Waals surface area contributed by atoms with E-state index in [-0.39, 0.29) is 17.5 Å². The summed E-state index contributed by atoms with van der Waals surface area (Å²) in [6.45, 7) is 1.99. The predicted octanol–water partition coefficient (Wildman–Crippen LogP) is 3.05. The molecule has 1 atom stereocenters. The van der Waals surface area contributed by atoms with E-state index in [1.54, 1.807) is 19.3 Å². The lowest BCUT2D eigenvalue weighted by Gasteiger charge is -2.15. The van der Waals surface area contributed by atoms with E-state index < -0.39 is 4.92 Å². The topological polar surface area (TPSA) is 93.0 Å². The molecule has 0 aliphatic carbocycles. The average Bonchev–Trinajstić information content (AvgIpc) is 2.98. The first kappa shape index (κ1) is 14.2. The second-order valence-electron chi connectivity index (χ2n) is 4.05. The van der Waals surface area contributed by atoms with Gasteiger partial charge in [0, 0.05) is 24.7 Å². The molecule has 1 unspecified atom stereocenters. The van der Waals surface area contributed by atoms with Gasteiger partial charge in [0.05, 0.1) is 11.0 Å². The highest BCUT2D eigenvalue weighted by Crippen LogP contribution is 2.29. The third-order valence-corrected chi connectivity index (χ3v) is 3.68. The number of hydrogen-bond acceptors (Lipinski definition) is 7. The Balaban J connectivity index is 2.33. The highest BCUT2D eigenvalue weighted by Gasteiger charge is 2.20. The molecule has 0 aliphatic rings. The van der Waals surface area contributed by atoms with Crippen molar-refractivity contribution in [3.8, 4) is 0 Å². The van der Waals surface area contributed by atoms with Crippen LogP contribution in [0.2, 0.25) is 0 Å². The van der Waals surface area contributed by atoms with Gasteiger partial charge < -0.3 is 10.6 Å². The van der Waals surface area contributed by atoms with E-state index in [1.807, 2.05) is 12.3 Å². The first-order valence-electron chi connectivity index (χ1n) is 6.14. The van der Waals surface area contributed by atoms with Crippen molar-refractivity contribution in [2.45, 2.75) is 19.4 Å². The van der Waals surface area contributed by atoms with E-state index in [4.69, 9.17) is 0 Å². The van der Waals surface area contributed by atoms with E-state index in [9.17, 15) is 10.1 Å². The van der Waals surface area contributed by atoms with Gasteiger partial charge in [-0.05, 0) is 12.5 Å². The summed E-state index contributed by atoms with van der Waals surface area (Å²) in [5.74, 6) is 0.830. The molecule has 0 aliphatic heterocycles. The zero-order chi connectivity index (χ0) is 14.5. The maximum Gasteiger partial charge on any atom is 0.311 e. The van der Waals surface area contributed by atoms with Crippen molar-refractivity contribution in [3.05, 3.63) is 38.8 Å². The van der Waals surface area contributed by atoms with Crippen LogP contribution in [0.3, 0.4) is 0 Å². The number of nitrogens with zero attached hydrogens (tertiary/aromatic N) is 3. The number of rotatable bonds is 6. The molecule has 0 aromatic carbocycles. The molecule has 2 aromatic rings. The number of nitrogens with one attached hydrogen (secondary N) is 2. The summed E-state index contributed by atoms with van der Waals surface area (Å²) >= 11 is 1.51. The summed E-state index contributed by atoms with van der Waals surface area (Å²) in [4.78, 5) is 19.1. The highest BCUT2D eigenvalue weighted by atomic mass is 32.1. The number of anilines is 2. The van der Waals surface area contributed by atoms with E-state index in [1.165, 1.54) is 17.4 Å². The minimum atomic E-state index is -0.441. The highest BCUT2D eigenvalue weighted by molar-refractivity contribution is 7.09. The third kappa shape index (κ3) is 3.02. The molecule has 106 valence electrons. The maximum absolute atomic E-state index is 11.1. The molecule has 7 nitrogen and oxygen atoms in total. The van der Waals surface area contributed by atoms with Crippen molar-refractivity contribution in [2.75, 3.05) is 17.7 Å². The van der Waals surface area contributed by atoms with Crippen LogP contribution in [0, 0.1) is 10.1 Å². The Bertz CT molecular complexity index is 588. The number of nitro groups is 1. The van der Waals surface area contributed by atoms with Gasteiger partial charge in [-0.3, -0.25) is 10.1 Å². The zero-order valence-electron chi connectivity index (χ0n) is 11.2. The molecule has 0 fully saturated rings. The van der Waals surface area contributed by atoms with E-state index in [0.717, 1.165) is 11.4 Å². The van der Waals surface area contributed by atoms with Gasteiger partial charge in [0.15, 0.2) is 0 Å². The molecule has 0 amide bonds. The van der Waals surface area contributed by atoms with Crippen molar-refractivity contribution in [2.24, 2.45) is 0 Å². The van der Waals surface area contributed by atoms with Crippen molar-refractivity contribution in [3.63, 3.8) is 0 Å². The molecule has 2 heterocycles. The Kier molecular flexibility index (Phi) is 4.46. The summed E-state index contributed by atoms with van der Waals surface area (Å²) in [5.41, 5.74) is -0.0426. The lowest BCUT2D eigenvalue weighted by molar-refractivity contribution is -0.384. The molecule has 0 saturated heterocycles. The molecular formula is C12H15N5O2S. The van der Waals surface area contributed by atoms with Crippen LogP contribution in [-0.4, -0.2) is 21.9 Å². The Morgan fingerprint density at radius 3 is 2.85 bits per heavy atom. The minimum Gasteiger partial charge on any atom is -0.373 e. The van der Waals surface area contributed by atoms with Gasteiger partial charge in [-0.1, -0.05) is 6.92 Å². The van der Waals surface area contributed by atoms with Gasteiger partial charge in [-0.15, -0.1) is 11.3 Å². The Morgan fingerprint density at radius 2 is 2.30 bits per heavy atom. The van der Waals surface area contributed by atoms with Crippen molar-refractivity contribution >= 4 is 28.7 Å². The van der Waals surface area contributed by atoms with Crippen LogP contribution in [0.4, 0.5) is 17.3 Å². The Hall–Kier alpha value is -2.22. The lowest BCUT2D eigenvalue weighted by Crippen LogP contribution is -2.12. The predicted molar refractivity (Wildman–Crippen MR) is 79.2 cm³/mol. The minimum absolute atomic E-state index is 0.0426. The largest absolute Gasteiger partial charge is 0.373 e. The van der Waals surface area contributed by atoms with Crippen molar-refractivity contribution in [1.82, 2.24) is 9.97 Å². The maximum atomic E-state index is 11.1. The molecular weight excluding hydrogens is 278 g/mol. The van der Waals surface area contributed by atoms with Crippen LogP contribution in [0.1, 0.15) is 24.4 Å². The first-order valence-corrected chi connectivity index (χ1v) is 7.02. The average molecular weight is 293 g/mol. The SMILES string of the molecule is CCC(Nc1nc(NC)ccc1[N+](=O)[O-])c1nccs1. The molecule has 2 aromatic heterocycles. The van der Waals surface area contributed by atoms with Crippen LogP contribution in [-0.2, 0) is 0 Å². The number of pyridine rings is 1. The van der Waals surface area contributed by atoms with Gasteiger partial charge >= 0.3 is 5.69 Å². The fourth-order valence-electron chi connectivity index (χ4n) is 1.75. The normalized spacial score (nSPS) is 11.9. The lowest BCUT2D eigenvalue weighted by atomic mass is 10.2. The molecule has 0 spiro atoms. The fraction of sp³-hybridized carbons (Fsp3) is 0.333. The quantitative estimate of drug-likeness (QED) is 0.628. The Labute approximate surface area is 120 Å². The second-order valence-corrected chi connectivity index (χ2v) is 4.97. The summed E-state index contributed by atoms with van der Waals surface area (Å²) in [6.07, 6.45) is 2.48. The molecule has 0 bridgehead atoms. The fourth-order valence-corrected chi connectivity index (χ4v) is 2.53. The molecule has 20 heavy (non-hydrogen) atoms. The summed E-state index contributed by atoms with van der Waals surface area (Å²) in [5, 5.41) is 19.8. The summed E-state index contributed by atoms with van der Waals surface area (Å²) in [6, 6.07) is 2.93. The van der Waals surface area contributed by atoms with Gasteiger partial charge in [-0.25, -0.2) is 9.97 Å². The smallest absolute Gasteiger partial charge is 0.311 e. The van der Waals surface area contributed by atoms with Crippen LogP contribution < -0.4 is 10.6 Å². The molecule has 0 radical (unpaired) electrons. The van der Waals surface area contributed by atoms with E-state index in [2.05, 4.69) is 20.6 Å². The number of aromatic nitrogens is 2. The van der Waals surface area contributed by atoms with Crippen molar-refractivity contribution in [1.29, 1.82) is 0 Å². The van der Waals surface area contributed by atoms with Gasteiger partial charge in [-0.2, -0.15) is 0 Å². The third-order valence-electron chi connectivity index (χ3n) is 2.80. The van der Waals surface area contributed by atoms with Gasteiger partial charge in [0.25, 0.3) is 0 Å². The van der Waals surface area contributed by atoms with Crippen molar-refractivity contribution < 1.29 is 4.92 Å². The van der Waals surface area contributed by atoms with E-state index >= 15 is 0 Å². The number of hydrogen-bond donors (Lipinski definition) is 2. The summed E-state index contributed by atoms with van der Waals surface area (Å²) < 4.78 is 0. The molecule has 2 rings (SSSR count).